The number of hydrogen-bond acceptors (Lipinski definition) is 4. The highest BCUT2D eigenvalue weighted by Gasteiger charge is 2.59. The van der Waals surface area contributed by atoms with Gasteiger partial charge in [0.15, 0.2) is 0 Å². The summed E-state index contributed by atoms with van der Waals surface area (Å²) in [5.74, 6) is 5.33. The molecule has 1 amide bonds. The molecule has 0 aromatic carbocycles. The fraction of sp³-hybridized carbons (Fsp3) is 0.857. The van der Waals surface area contributed by atoms with Crippen molar-refractivity contribution < 1.29 is 14.6 Å². The lowest BCUT2D eigenvalue weighted by molar-refractivity contribution is -0.0550. The fourth-order valence-electron chi connectivity index (χ4n) is 9.74. The van der Waals surface area contributed by atoms with Crippen molar-refractivity contribution in [3.63, 3.8) is 0 Å². The van der Waals surface area contributed by atoms with E-state index in [1.54, 1.807) is 5.57 Å². The Kier molecular flexibility index (Phi) is 10.5. The van der Waals surface area contributed by atoms with Crippen LogP contribution >= 0.6 is 0 Å². The Labute approximate surface area is 245 Å². The van der Waals surface area contributed by atoms with E-state index in [9.17, 15) is 4.79 Å². The van der Waals surface area contributed by atoms with Crippen molar-refractivity contribution >= 4 is 6.09 Å². The summed E-state index contributed by atoms with van der Waals surface area (Å²) in [6.07, 6.45) is 18.4. The number of likely N-dealkylation sites (N-methyl/N-ethyl adjacent to an activating group) is 1. The molecule has 3 fully saturated rings. The Morgan fingerprint density at radius 3 is 2.60 bits per heavy atom. The van der Waals surface area contributed by atoms with Gasteiger partial charge in [0.05, 0.1) is 6.61 Å². The molecule has 2 N–H and O–H groups in total. The third-order valence-electron chi connectivity index (χ3n) is 12.3. The molecule has 5 nitrogen and oxygen atoms in total. The van der Waals surface area contributed by atoms with Crippen LogP contribution in [0.25, 0.3) is 0 Å². The summed E-state index contributed by atoms with van der Waals surface area (Å²) >= 11 is 0. The van der Waals surface area contributed by atoms with E-state index in [4.69, 9.17) is 9.84 Å². The lowest BCUT2D eigenvalue weighted by Crippen LogP contribution is -2.51. The Hall–Kier alpha value is -1.33. The van der Waals surface area contributed by atoms with E-state index in [-0.39, 0.29) is 24.2 Å². The van der Waals surface area contributed by atoms with Crippen LogP contribution in [-0.2, 0) is 4.74 Å². The van der Waals surface area contributed by atoms with E-state index in [0.717, 1.165) is 48.9 Å². The number of aliphatic hydroxyl groups is 1. The molecular formula is C35H60N2O3. The minimum atomic E-state index is -0.299. The zero-order chi connectivity index (χ0) is 29.1. The van der Waals surface area contributed by atoms with Crippen molar-refractivity contribution in [1.82, 2.24) is 10.2 Å². The van der Waals surface area contributed by atoms with E-state index in [1.165, 1.54) is 38.5 Å². The zero-order valence-electron chi connectivity index (χ0n) is 26.8. The van der Waals surface area contributed by atoms with Gasteiger partial charge in [-0.3, -0.25) is 0 Å². The largest absolute Gasteiger partial charge is 0.446 e. The van der Waals surface area contributed by atoms with Gasteiger partial charge in [0.1, 0.15) is 6.10 Å². The number of alkyl carbamates (subject to hydrolysis) is 1. The Bertz CT molecular complexity index is 914. The highest BCUT2D eigenvalue weighted by atomic mass is 16.6. The standard InChI is InChI=1S/C35H60N2O3/c1-8-26(24(2)3)10-9-25(4)30-13-14-31-29-12-11-27-23-28(40-33(39)36-19-20-37(7)21-22-38)15-17-34(27,5)32(29)16-18-35(30,31)6/h9-11,24-26,28-32,38H,8,12-23H2,1-7H3,(H,36,39)/b10-9+/t25-,26-,28?,29?,30-,31+,32+,34?,35-/m1/s1. The number of carbonyl (C=O) groups excluding carboxylic acids is 1. The maximum atomic E-state index is 12.5. The van der Waals surface area contributed by atoms with Crippen LogP contribution in [0.2, 0.25) is 0 Å². The summed E-state index contributed by atoms with van der Waals surface area (Å²) in [6, 6.07) is 0. The van der Waals surface area contributed by atoms with Crippen LogP contribution in [0.15, 0.2) is 23.8 Å². The lowest BCUT2D eigenvalue weighted by Gasteiger charge is -2.58. The van der Waals surface area contributed by atoms with Gasteiger partial charge in [-0.2, -0.15) is 0 Å². The molecule has 0 aliphatic heterocycles. The van der Waals surface area contributed by atoms with Crippen molar-refractivity contribution in [1.29, 1.82) is 0 Å². The molecule has 4 aliphatic rings. The van der Waals surface area contributed by atoms with Crippen molar-refractivity contribution in [2.45, 2.75) is 105 Å². The second-order valence-electron chi connectivity index (χ2n) is 14.8. The summed E-state index contributed by atoms with van der Waals surface area (Å²) in [6.45, 7) is 16.7. The first-order chi connectivity index (χ1) is 19.0. The molecule has 4 aliphatic carbocycles. The first-order valence-electron chi connectivity index (χ1n) is 16.6. The van der Waals surface area contributed by atoms with Gasteiger partial charge in [0, 0.05) is 26.1 Å². The Morgan fingerprint density at radius 1 is 1.12 bits per heavy atom. The molecule has 0 spiro atoms. The van der Waals surface area contributed by atoms with E-state index >= 15 is 0 Å². The zero-order valence-corrected chi connectivity index (χ0v) is 26.8. The molecule has 0 saturated heterocycles. The second-order valence-corrected chi connectivity index (χ2v) is 14.8. The molecule has 228 valence electrons. The monoisotopic (exact) mass is 556 g/mol. The normalized spacial score (nSPS) is 37.0. The Morgan fingerprint density at radius 2 is 1.90 bits per heavy atom. The minimum absolute atomic E-state index is 0.0128. The van der Waals surface area contributed by atoms with Gasteiger partial charge in [0.2, 0.25) is 0 Å². The van der Waals surface area contributed by atoms with Crippen LogP contribution in [0.4, 0.5) is 4.79 Å². The summed E-state index contributed by atoms with van der Waals surface area (Å²) in [5, 5.41) is 11.9. The molecule has 3 saturated carbocycles. The maximum absolute atomic E-state index is 12.5. The molecule has 0 bridgehead atoms. The smallest absolute Gasteiger partial charge is 0.407 e. The molecule has 9 atom stereocenters. The molecule has 0 heterocycles. The number of hydrogen-bond donors (Lipinski definition) is 2. The molecule has 0 aromatic rings. The van der Waals surface area contributed by atoms with Gasteiger partial charge >= 0.3 is 6.09 Å². The summed E-state index contributed by atoms with van der Waals surface area (Å²) in [7, 11) is 1.95. The molecular weight excluding hydrogens is 496 g/mol. The molecule has 5 heteroatoms. The van der Waals surface area contributed by atoms with Gasteiger partial charge in [-0.05, 0) is 111 Å². The fourth-order valence-corrected chi connectivity index (χ4v) is 9.74. The highest BCUT2D eigenvalue weighted by Crippen LogP contribution is 2.67. The van der Waals surface area contributed by atoms with Crippen LogP contribution in [0, 0.1) is 52.3 Å². The van der Waals surface area contributed by atoms with E-state index < -0.39 is 0 Å². The first-order valence-corrected chi connectivity index (χ1v) is 16.6. The predicted octanol–water partition coefficient (Wildman–Crippen LogP) is 7.46. The average molecular weight is 557 g/mol. The van der Waals surface area contributed by atoms with Crippen LogP contribution < -0.4 is 5.32 Å². The summed E-state index contributed by atoms with van der Waals surface area (Å²) in [4.78, 5) is 14.5. The number of ether oxygens (including phenoxy) is 1. The SMILES string of the molecule is CC[C@H](/C=C/[C@@H](C)[C@H]1CC[C@H]2C3CC=C4CC(OC(=O)NCCN(C)CCO)CCC4(C)[C@H]3CC[C@]12C)C(C)C. The van der Waals surface area contributed by atoms with Crippen LogP contribution in [-0.4, -0.2) is 55.5 Å². The number of amides is 1. The molecule has 0 radical (unpaired) electrons. The number of fused-ring (bicyclic) bond motifs is 5. The van der Waals surface area contributed by atoms with Crippen LogP contribution in [0.5, 0.6) is 0 Å². The van der Waals surface area contributed by atoms with Crippen LogP contribution in [0.3, 0.4) is 0 Å². The van der Waals surface area contributed by atoms with Gasteiger partial charge in [-0.25, -0.2) is 4.79 Å². The number of allylic oxidation sites excluding steroid dienone is 3. The average Bonchev–Trinajstić information content (AvgIpc) is 3.26. The second kappa shape index (κ2) is 13.3. The topological polar surface area (TPSA) is 61.8 Å². The van der Waals surface area contributed by atoms with Crippen LogP contribution in [0.1, 0.15) is 99.3 Å². The molecule has 40 heavy (non-hydrogen) atoms. The number of rotatable bonds is 11. The molecule has 3 unspecified atom stereocenters. The lowest BCUT2D eigenvalue weighted by atomic mass is 9.47. The minimum Gasteiger partial charge on any atom is -0.446 e. The third-order valence-corrected chi connectivity index (χ3v) is 12.3. The highest BCUT2D eigenvalue weighted by molar-refractivity contribution is 5.67. The summed E-state index contributed by atoms with van der Waals surface area (Å²) in [5.41, 5.74) is 2.30. The van der Waals surface area contributed by atoms with E-state index in [1.807, 2.05) is 11.9 Å². The van der Waals surface area contributed by atoms with Crippen molar-refractivity contribution in [3.05, 3.63) is 23.8 Å². The van der Waals surface area contributed by atoms with Crippen molar-refractivity contribution in [3.8, 4) is 0 Å². The quantitative estimate of drug-likeness (QED) is 0.259. The number of nitrogens with zero attached hydrogens (tertiary/aromatic N) is 1. The van der Waals surface area contributed by atoms with Gasteiger partial charge in [-0.15, -0.1) is 0 Å². The van der Waals surface area contributed by atoms with Gasteiger partial charge in [-0.1, -0.05) is 65.3 Å². The molecule has 4 rings (SSSR count). The summed E-state index contributed by atoms with van der Waals surface area (Å²) < 4.78 is 5.89. The Balaban J connectivity index is 1.36. The first kappa shape index (κ1) is 31.6. The van der Waals surface area contributed by atoms with E-state index in [0.29, 0.717) is 36.9 Å². The number of nitrogens with one attached hydrogen (secondary N) is 1. The maximum Gasteiger partial charge on any atom is 0.407 e. The third kappa shape index (κ3) is 6.51. The predicted molar refractivity (Wildman–Crippen MR) is 165 cm³/mol. The number of aliphatic hydroxyl groups excluding tert-OH is 1. The molecule has 0 aromatic heterocycles. The van der Waals surface area contributed by atoms with Crippen molar-refractivity contribution in [2.24, 2.45) is 52.3 Å². The number of carbonyl (C=O) groups is 1. The van der Waals surface area contributed by atoms with E-state index in [2.05, 4.69) is 65.1 Å². The van der Waals surface area contributed by atoms with Gasteiger partial charge in [0.25, 0.3) is 0 Å². The van der Waals surface area contributed by atoms with Gasteiger partial charge < -0.3 is 20.1 Å². The van der Waals surface area contributed by atoms with Crippen molar-refractivity contribution in [2.75, 3.05) is 33.3 Å².